The number of hydrogen-bond acceptors (Lipinski definition) is 3. The fraction of sp³-hybridized carbons (Fsp3) is 0.556. The third kappa shape index (κ3) is 2.46. The molecule has 0 amide bonds. The van der Waals surface area contributed by atoms with Gasteiger partial charge in [-0.25, -0.2) is 4.68 Å². The van der Waals surface area contributed by atoms with Crippen molar-refractivity contribution in [1.82, 2.24) is 19.2 Å². The minimum atomic E-state index is 0.534. The standard InChI is InChI=1S/C18H22N4S/c23-18-20(14-6-7-14)11-19-22(18)12-21(15-8-9-15)17-10-5-13-3-1-2-4-16(13)17/h1-4,11,14-15,17H,5-10,12H2. The van der Waals surface area contributed by atoms with Gasteiger partial charge in [0.2, 0.25) is 0 Å². The molecule has 0 N–H and O–H groups in total. The number of aromatic nitrogens is 3. The smallest absolute Gasteiger partial charge is 0.199 e. The molecule has 1 atom stereocenters. The van der Waals surface area contributed by atoms with Gasteiger partial charge in [0.25, 0.3) is 0 Å². The van der Waals surface area contributed by atoms with Crippen molar-refractivity contribution >= 4 is 12.2 Å². The molecule has 1 aromatic heterocycles. The molecule has 23 heavy (non-hydrogen) atoms. The van der Waals surface area contributed by atoms with Crippen LogP contribution in [0.3, 0.4) is 0 Å². The van der Waals surface area contributed by atoms with Crippen LogP contribution in [0, 0.1) is 4.77 Å². The van der Waals surface area contributed by atoms with E-state index in [1.807, 2.05) is 11.0 Å². The summed E-state index contributed by atoms with van der Waals surface area (Å²) in [6.07, 6.45) is 9.50. The maximum absolute atomic E-state index is 5.66. The highest BCUT2D eigenvalue weighted by Crippen LogP contribution is 2.42. The number of hydrogen-bond donors (Lipinski definition) is 0. The molecule has 0 spiro atoms. The van der Waals surface area contributed by atoms with Gasteiger partial charge in [0.05, 0.1) is 6.67 Å². The molecule has 3 aliphatic carbocycles. The first-order valence-electron chi connectivity index (χ1n) is 8.79. The highest BCUT2D eigenvalue weighted by Gasteiger charge is 2.38. The van der Waals surface area contributed by atoms with Crippen molar-refractivity contribution in [3.05, 3.63) is 46.5 Å². The van der Waals surface area contributed by atoms with Crippen LogP contribution in [0.2, 0.25) is 0 Å². The molecule has 4 nitrogen and oxygen atoms in total. The van der Waals surface area contributed by atoms with E-state index in [9.17, 15) is 0 Å². The van der Waals surface area contributed by atoms with Crippen molar-refractivity contribution in [3.8, 4) is 0 Å². The zero-order valence-corrected chi connectivity index (χ0v) is 14.1. The normalized spacial score (nSPS) is 23.4. The summed E-state index contributed by atoms with van der Waals surface area (Å²) in [5.74, 6) is 0. The molecule has 0 bridgehead atoms. The van der Waals surface area contributed by atoms with Crippen molar-refractivity contribution in [3.63, 3.8) is 0 Å². The summed E-state index contributed by atoms with van der Waals surface area (Å²) < 4.78 is 5.11. The Morgan fingerprint density at radius 2 is 1.96 bits per heavy atom. The quantitative estimate of drug-likeness (QED) is 0.781. The Balaban J connectivity index is 1.44. The van der Waals surface area contributed by atoms with Crippen LogP contribution in [0.25, 0.3) is 0 Å². The van der Waals surface area contributed by atoms with Gasteiger partial charge in [-0.3, -0.25) is 4.90 Å². The number of fused-ring (bicyclic) bond motifs is 1. The van der Waals surface area contributed by atoms with Gasteiger partial charge in [-0.15, -0.1) is 0 Å². The topological polar surface area (TPSA) is 26.0 Å². The highest BCUT2D eigenvalue weighted by atomic mass is 32.1. The lowest BCUT2D eigenvalue weighted by Crippen LogP contribution is -2.32. The number of rotatable bonds is 5. The van der Waals surface area contributed by atoms with Gasteiger partial charge in [0.1, 0.15) is 6.33 Å². The van der Waals surface area contributed by atoms with E-state index in [-0.39, 0.29) is 0 Å². The molecule has 5 heteroatoms. The molecule has 120 valence electrons. The zero-order chi connectivity index (χ0) is 15.4. The third-order valence-electron chi connectivity index (χ3n) is 5.51. The molecule has 0 aliphatic heterocycles. The molecule has 2 aromatic rings. The maximum Gasteiger partial charge on any atom is 0.199 e. The van der Waals surface area contributed by atoms with Crippen LogP contribution < -0.4 is 0 Å². The van der Waals surface area contributed by atoms with Gasteiger partial charge in [-0.2, -0.15) is 5.10 Å². The van der Waals surface area contributed by atoms with Crippen molar-refractivity contribution < 1.29 is 0 Å². The van der Waals surface area contributed by atoms with Crippen LogP contribution in [-0.2, 0) is 13.1 Å². The van der Waals surface area contributed by atoms with Crippen LogP contribution in [-0.4, -0.2) is 25.3 Å². The summed E-state index contributed by atoms with van der Waals surface area (Å²) >= 11 is 5.66. The maximum atomic E-state index is 5.66. The summed E-state index contributed by atoms with van der Waals surface area (Å²) in [5.41, 5.74) is 3.04. The summed E-state index contributed by atoms with van der Waals surface area (Å²) in [6, 6.07) is 10.8. The van der Waals surface area contributed by atoms with E-state index in [0.717, 1.165) is 11.4 Å². The molecular weight excluding hydrogens is 304 g/mol. The summed E-state index contributed by atoms with van der Waals surface area (Å²) in [5, 5.41) is 4.59. The molecule has 3 aliphatic rings. The van der Waals surface area contributed by atoms with Gasteiger partial charge >= 0.3 is 0 Å². The van der Waals surface area contributed by atoms with E-state index >= 15 is 0 Å². The highest BCUT2D eigenvalue weighted by molar-refractivity contribution is 7.71. The van der Waals surface area contributed by atoms with E-state index in [0.29, 0.717) is 18.1 Å². The Morgan fingerprint density at radius 1 is 1.13 bits per heavy atom. The molecule has 1 unspecified atom stereocenters. The van der Waals surface area contributed by atoms with E-state index in [1.54, 1.807) is 0 Å². The lowest BCUT2D eigenvalue weighted by atomic mass is 10.1. The van der Waals surface area contributed by atoms with Crippen molar-refractivity contribution in [1.29, 1.82) is 0 Å². The molecule has 5 rings (SSSR count). The Morgan fingerprint density at radius 3 is 2.74 bits per heavy atom. The molecule has 2 saturated carbocycles. The fourth-order valence-corrected chi connectivity index (χ4v) is 4.26. The average Bonchev–Trinajstić information content (AvgIpc) is 3.49. The zero-order valence-electron chi connectivity index (χ0n) is 13.3. The summed E-state index contributed by atoms with van der Waals surface area (Å²) in [7, 11) is 0. The van der Waals surface area contributed by atoms with Crippen LogP contribution in [0.4, 0.5) is 0 Å². The van der Waals surface area contributed by atoms with E-state index in [4.69, 9.17) is 12.2 Å². The van der Waals surface area contributed by atoms with Crippen LogP contribution in [0.5, 0.6) is 0 Å². The third-order valence-corrected chi connectivity index (χ3v) is 5.93. The number of nitrogens with zero attached hydrogens (tertiary/aromatic N) is 4. The van der Waals surface area contributed by atoms with Gasteiger partial charge < -0.3 is 4.57 Å². The Labute approximate surface area is 141 Å². The fourth-order valence-electron chi connectivity index (χ4n) is 3.96. The Bertz CT molecular complexity index is 784. The largest absolute Gasteiger partial charge is 0.303 e. The van der Waals surface area contributed by atoms with Gasteiger partial charge in [0.15, 0.2) is 4.77 Å². The minimum Gasteiger partial charge on any atom is -0.303 e. The van der Waals surface area contributed by atoms with Crippen LogP contribution in [0.1, 0.15) is 55.3 Å². The first kappa shape index (κ1) is 13.9. The molecule has 0 radical (unpaired) electrons. The lowest BCUT2D eigenvalue weighted by molar-refractivity contribution is 0.131. The monoisotopic (exact) mass is 326 g/mol. The van der Waals surface area contributed by atoms with Gasteiger partial charge in [0, 0.05) is 18.1 Å². The Hall–Kier alpha value is -1.46. The first-order valence-corrected chi connectivity index (χ1v) is 9.19. The first-order chi connectivity index (χ1) is 11.3. The van der Waals surface area contributed by atoms with Crippen LogP contribution in [0.15, 0.2) is 30.6 Å². The predicted octanol–water partition coefficient (Wildman–Crippen LogP) is 3.86. The molecule has 1 heterocycles. The van der Waals surface area contributed by atoms with Gasteiger partial charge in [-0.1, -0.05) is 24.3 Å². The van der Waals surface area contributed by atoms with Crippen LogP contribution >= 0.6 is 12.2 Å². The molecule has 0 saturated heterocycles. The molecule has 2 fully saturated rings. The predicted molar refractivity (Wildman–Crippen MR) is 91.7 cm³/mol. The second-order valence-corrected chi connectivity index (χ2v) is 7.56. The van der Waals surface area contributed by atoms with E-state index < -0.39 is 0 Å². The van der Waals surface area contributed by atoms with Crippen molar-refractivity contribution in [2.24, 2.45) is 0 Å². The van der Waals surface area contributed by atoms with E-state index in [1.165, 1.54) is 49.7 Å². The second-order valence-electron chi connectivity index (χ2n) is 7.19. The number of benzene rings is 1. The van der Waals surface area contributed by atoms with E-state index in [2.05, 4.69) is 38.8 Å². The lowest BCUT2D eigenvalue weighted by Gasteiger charge is -2.29. The van der Waals surface area contributed by atoms with Gasteiger partial charge in [-0.05, 0) is 61.9 Å². The summed E-state index contributed by atoms with van der Waals surface area (Å²) in [6.45, 7) is 0.836. The average molecular weight is 326 g/mol. The van der Waals surface area contributed by atoms with Crippen molar-refractivity contribution in [2.45, 2.75) is 63.3 Å². The SMILES string of the molecule is S=c1n(C2CC2)cnn1CN(C1CC1)C1CCc2ccccc21. The molecular formula is C18H22N4S. The second kappa shape index (κ2) is 5.28. The Kier molecular flexibility index (Phi) is 3.20. The summed E-state index contributed by atoms with van der Waals surface area (Å²) in [4.78, 5) is 2.64. The number of aryl methyl sites for hydroxylation is 1. The van der Waals surface area contributed by atoms with Crippen molar-refractivity contribution in [2.75, 3.05) is 0 Å². The molecule has 1 aromatic carbocycles. The minimum absolute atomic E-state index is 0.534.